The van der Waals surface area contributed by atoms with Gasteiger partial charge in [-0.25, -0.2) is 4.39 Å². The Labute approximate surface area is 104 Å². The molecule has 1 unspecified atom stereocenters. The van der Waals surface area contributed by atoms with E-state index in [0.29, 0.717) is 12.6 Å². The zero-order valence-electron chi connectivity index (χ0n) is 10.8. The molecule has 0 spiro atoms. The Morgan fingerprint density at radius 2 is 1.94 bits per heavy atom. The minimum absolute atomic E-state index is 0.283. The number of alkyl halides is 1. The molecule has 0 bridgehead atoms. The van der Waals surface area contributed by atoms with E-state index >= 15 is 0 Å². The van der Waals surface area contributed by atoms with Crippen LogP contribution in [0.1, 0.15) is 18.9 Å². The van der Waals surface area contributed by atoms with E-state index in [1.165, 1.54) is 5.56 Å². The molecular formula is C14H23FN2. The van der Waals surface area contributed by atoms with Crippen molar-refractivity contribution in [1.29, 1.82) is 0 Å². The van der Waals surface area contributed by atoms with E-state index in [1.54, 1.807) is 0 Å². The van der Waals surface area contributed by atoms with E-state index in [2.05, 4.69) is 48.5 Å². The molecule has 0 saturated carbocycles. The molecule has 1 N–H and O–H groups in total. The highest BCUT2D eigenvalue weighted by Crippen LogP contribution is 2.07. The van der Waals surface area contributed by atoms with Crippen molar-refractivity contribution < 1.29 is 4.39 Å². The Morgan fingerprint density at radius 1 is 1.24 bits per heavy atom. The first kappa shape index (κ1) is 14.1. The highest BCUT2D eigenvalue weighted by Gasteiger charge is 2.08. The van der Waals surface area contributed by atoms with E-state index in [9.17, 15) is 4.39 Å². The molecular weight excluding hydrogens is 215 g/mol. The second-order valence-corrected chi connectivity index (χ2v) is 4.48. The van der Waals surface area contributed by atoms with E-state index in [-0.39, 0.29) is 6.67 Å². The molecule has 0 aromatic heterocycles. The van der Waals surface area contributed by atoms with Gasteiger partial charge >= 0.3 is 0 Å². The molecule has 0 heterocycles. The minimum Gasteiger partial charge on any atom is -0.314 e. The third kappa shape index (κ3) is 5.80. The summed E-state index contributed by atoms with van der Waals surface area (Å²) < 4.78 is 11.9. The summed E-state index contributed by atoms with van der Waals surface area (Å²) in [7, 11) is 2.13. The largest absolute Gasteiger partial charge is 0.314 e. The molecule has 1 atom stereocenters. The molecule has 0 aliphatic heterocycles. The lowest BCUT2D eigenvalue weighted by Crippen LogP contribution is -2.32. The van der Waals surface area contributed by atoms with Gasteiger partial charge in [-0.15, -0.1) is 0 Å². The van der Waals surface area contributed by atoms with Crippen LogP contribution in [0.15, 0.2) is 30.3 Å². The maximum Gasteiger partial charge on any atom is 0.102 e. The highest BCUT2D eigenvalue weighted by atomic mass is 19.1. The first-order valence-corrected chi connectivity index (χ1v) is 6.25. The molecule has 3 heteroatoms. The molecule has 0 radical (unpaired) electrons. The lowest BCUT2D eigenvalue weighted by Gasteiger charge is -2.24. The summed E-state index contributed by atoms with van der Waals surface area (Å²) in [6.07, 6.45) is 1.04. The Bertz CT molecular complexity index is 290. The van der Waals surface area contributed by atoms with Crippen molar-refractivity contribution in [2.75, 3.05) is 26.8 Å². The summed E-state index contributed by atoms with van der Waals surface area (Å²) in [6.45, 7) is 4.23. The van der Waals surface area contributed by atoms with Crippen LogP contribution in [0.25, 0.3) is 0 Å². The number of hydrogen-bond acceptors (Lipinski definition) is 2. The Balaban J connectivity index is 2.24. The quantitative estimate of drug-likeness (QED) is 0.700. The average Bonchev–Trinajstić information content (AvgIpc) is 2.35. The summed E-state index contributed by atoms with van der Waals surface area (Å²) in [5, 5.41) is 3.08. The molecule has 17 heavy (non-hydrogen) atoms. The first-order valence-electron chi connectivity index (χ1n) is 6.25. The van der Waals surface area contributed by atoms with Gasteiger partial charge in [-0.3, -0.25) is 4.90 Å². The predicted molar refractivity (Wildman–Crippen MR) is 70.8 cm³/mol. The lowest BCUT2D eigenvalue weighted by molar-refractivity contribution is 0.236. The molecule has 0 fully saturated rings. The molecule has 0 aliphatic rings. The topological polar surface area (TPSA) is 15.3 Å². The van der Waals surface area contributed by atoms with Crippen LogP contribution in [0, 0.1) is 0 Å². The van der Waals surface area contributed by atoms with Crippen molar-refractivity contribution in [3.63, 3.8) is 0 Å². The lowest BCUT2D eigenvalue weighted by atomic mass is 10.1. The number of benzene rings is 1. The summed E-state index contributed by atoms with van der Waals surface area (Å²) >= 11 is 0. The van der Waals surface area contributed by atoms with Gasteiger partial charge in [0.2, 0.25) is 0 Å². The molecule has 0 saturated heterocycles. The van der Waals surface area contributed by atoms with Crippen molar-refractivity contribution >= 4 is 0 Å². The third-order valence-corrected chi connectivity index (χ3v) is 3.04. The van der Waals surface area contributed by atoms with E-state index in [1.807, 2.05) is 6.07 Å². The Kier molecular flexibility index (Phi) is 6.82. The molecule has 1 rings (SSSR count). The average molecular weight is 238 g/mol. The van der Waals surface area contributed by atoms with Crippen LogP contribution in [-0.2, 0) is 6.54 Å². The molecule has 2 nitrogen and oxygen atoms in total. The molecule has 1 aromatic rings. The number of rotatable bonds is 8. The van der Waals surface area contributed by atoms with Crippen LogP contribution < -0.4 is 5.32 Å². The van der Waals surface area contributed by atoms with Crippen LogP contribution in [0.5, 0.6) is 0 Å². The van der Waals surface area contributed by atoms with Crippen molar-refractivity contribution in [3.05, 3.63) is 35.9 Å². The van der Waals surface area contributed by atoms with Crippen molar-refractivity contribution in [2.24, 2.45) is 0 Å². The number of nitrogens with one attached hydrogen (secondary N) is 1. The first-order chi connectivity index (χ1) is 8.24. The second-order valence-electron chi connectivity index (χ2n) is 4.48. The van der Waals surface area contributed by atoms with Crippen LogP contribution in [0.2, 0.25) is 0 Å². The second kappa shape index (κ2) is 8.20. The molecule has 0 aliphatic carbocycles. The zero-order valence-corrected chi connectivity index (χ0v) is 10.8. The van der Waals surface area contributed by atoms with Crippen molar-refractivity contribution in [3.8, 4) is 0 Å². The van der Waals surface area contributed by atoms with Crippen LogP contribution in [0.4, 0.5) is 4.39 Å². The molecule has 0 amide bonds. The maximum atomic E-state index is 11.9. The van der Waals surface area contributed by atoms with Gasteiger partial charge < -0.3 is 5.32 Å². The number of nitrogens with zero attached hydrogens (tertiary/aromatic N) is 1. The minimum atomic E-state index is -0.283. The highest BCUT2D eigenvalue weighted by molar-refractivity contribution is 5.14. The van der Waals surface area contributed by atoms with Crippen molar-refractivity contribution in [2.45, 2.75) is 25.9 Å². The fraction of sp³-hybridized carbons (Fsp3) is 0.571. The molecule has 1 aromatic carbocycles. The maximum absolute atomic E-state index is 11.9. The normalized spacial score (nSPS) is 12.9. The van der Waals surface area contributed by atoms with Gasteiger partial charge in [0, 0.05) is 19.1 Å². The van der Waals surface area contributed by atoms with Gasteiger partial charge in [0.1, 0.15) is 6.67 Å². The summed E-state index contributed by atoms with van der Waals surface area (Å²) in [5.74, 6) is 0. The van der Waals surface area contributed by atoms with Gasteiger partial charge in [-0.2, -0.15) is 0 Å². The summed E-state index contributed by atoms with van der Waals surface area (Å²) in [6, 6.07) is 11.0. The van der Waals surface area contributed by atoms with Crippen LogP contribution >= 0.6 is 0 Å². The van der Waals surface area contributed by atoms with E-state index in [0.717, 1.165) is 19.5 Å². The van der Waals surface area contributed by atoms with E-state index < -0.39 is 0 Å². The number of halogens is 1. The molecule has 96 valence electrons. The Morgan fingerprint density at radius 3 is 2.59 bits per heavy atom. The van der Waals surface area contributed by atoms with Gasteiger partial charge in [-0.05, 0) is 32.5 Å². The summed E-state index contributed by atoms with van der Waals surface area (Å²) in [5.41, 5.74) is 1.33. The number of hydrogen-bond donors (Lipinski definition) is 1. The third-order valence-electron chi connectivity index (χ3n) is 3.04. The fourth-order valence-electron chi connectivity index (χ4n) is 1.75. The fourth-order valence-corrected chi connectivity index (χ4v) is 1.75. The predicted octanol–water partition coefficient (Wildman–Crippen LogP) is 2.46. The Hall–Kier alpha value is -0.930. The smallest absolute Gasteiger partial charge is 0.102 e. The zero-order chi connectivity index (χ0) is 12.5. The van der Waals surface area contributed by atoms with Crippen LogP contribution in [0.3, 0.4) is 0 Å². The summed E-state index contributed by atoms with van der Waals surface area (Å²) in [4.78, 5) is 2.33. The van der Waals surface area contributed by atoms with Gasteiger partial charge in [0.25, 0.3) is 0 Å². The van der Waals surface area contributed by atoms with Gasteiger partial charge in [0.15, 0.2) is 0 Å². The van der Waals surface area contributed by atoms with Crippen molar-refractivity contribution in [1.82, 2.24) is 10.2 Å². The van der Waals surface area contributed by atoms with Gasteiger partial charge in [0.05, 0.1) is 0 Å². The standard InChI is InChI=1S/C14H23FN2/c1-13(8-10-16-11-9-15)17(2)12-14-6-4-3-5-7-14/h3-7,13,16H,8-12H2,1-2H3. The van der Waals surface area contributed by atoms with E-state index in [4.69, 9.17) is 0 Å². The monoisotopic (exact) mass is 238 g/mol. The SMILES string of the molecule is CC(CCNCCF)N(C)Cc1ccccc1. The van der Waals surface area contributed by atoms with Gasteiger partial charge in [-0.1, -0.05) is 30.3 Å². The van der Waals surface area contributed by atoms with Crippen LogP contribution in [-0.4, -0.2) is 37.8 Å².